The predicted octanol–water partition coefficient (Wildman–Crippen LogP) is 7.15. The topological polar surface area (TPSA) is 115 Å². The van der Waals surface area contributed by atoms with Crippen molar-refractivity contribution in [2.24, 2.45) is 5.41 Å². The van der Waals surface area contributed by atoms with Gasteiger partial charge in [0.05, 0.1) is 17.3 Å². The van der Waals surface area contributed by atoms with E-state index < -0.39 is 40.0 Å². The second kappa shape index (κ2) is 11.6. The number of halogens is 5. The number of sulfonamides is 1. The number of nitrogens with zero attached hydrogens (tertiary/aromatic N) is 3. The molecule has 1 amide bonds. The van der Waals surface area contributed by atoms with Crippen LogP contribution >= 0.6 is 0 Å². The summed E-state index contributed by atoms with van der Waals surface area (Å²) in [5.74, 6) is -0.614. The van der Waals surface area contributed by atoms with E-state index in [0.29, 0.717) is 30.8 Å². The van der Waals surface area contributed by atoms with Crippen LogP contribution in [0, 0.1) is 5.41 Å². The Bertz CT molecular complexity index is 2070. The number of anilines is 1. The van der Waals surface area contributed by atoms with Gasteiger partial charge >= 0.3 is 12.8 Å². The molecule has 0 bridgehead atoms. The van der Waals surface area contributed by atoms with Gasteiger partial charge in [0.25, 0.3) is 5.91 Å². The molecule has 4 aromatic rings. The number of rotatable bonds is 8. The molecule has 1 saturated heterocycles. The van der Waals surface area contributed by atoms with E-state index in [9.17, 15) is 35.2 Å². The molecule has 15 heteroatoms. The highest BCUT2D eigenvalue weighted by Gasteiger charge is 2.45. The average molecular weight is 689 g/mol. The van der Waals surface area contributed by atoms with Crippen LogP contribution in [0.2, 0.25) is 0 Å². The lowest BCUT2D eigenvalue weighted by atomic mass is 9.63. The van der Waals surface area contributed by atoms with Gasteiger partial charge in [-0.05, 0) is 67.4 Å². The first-order valence-corrected chi connectivity index (χ1v) is 17.1. The molecule has 3 heterocycles. The molecule has 2 aromatic heterocycles. The average Bonchev–Trinajstić information content (AvgIpc) is 3.76. The molecule has 252 valence electrons. The lowest BCUT2D eigenvalue weighted by molar-refractivity contribution is -0.137. The van der Waals surface area contributed by atoms with Gasteiger partial charge < -0.3 is 14.2 Å². The number of alkyl halides is 5. The smallest absolute Gasteiger partial charge is 0.417 e. The molecule has 0 unspecified atom stereocenters. The number of benzene rings is 2. The van der Waals surface area contributed by atoms with Crippen molar-refractivity contribution in [1.29, 1.82) is 0 Å². The molecule has 2 aromatic carbocycles. The van der Waals surface area contributed by atoms with Crippen LogP contribution in [0.15, 0.2) is 59.1 Å². The fourth-order valence-corrected chi connectivity index (χ4v) is 7.12. The van der Waals surface area contributed by atoms with Gasteiger partial charge in [0.2, 0.25) is 10.0 Å². The van der Waals surface area contributed by atoms with E-state index in [4.69, 9.17) is 9.26 Å². The second-order valence-corrected chi connectivity index (χ2v) is 14.3. The highest BCUT2D eigenvalue weighted by molar-refractivity contribution is 7.89. The minimum atomic E-state index is -4.55. The fraction of sp³-hybridized carbons (Fsp3) is 0.364. The predicted molar refractivity (Wildman–Crippen MR) is 166 cm³/mol. The summed E-state index contributed by atoms with van der Waals surface area (Å²) in [6, 6.07) is 11.3. The van der Waals surface area contributed by atoms with Crippen molar-refractivity contribution in [3.63, 3.8) is 0 Å². The van der Waals surface area contributed by atoms with Gasteiger partial charge in [-0.1, -0.05) is 29.4 Å². The third-order valence-electron chi connectivity index (χ3n) is 9.10. The number of carbonyl (C=O) groups is 1. The van der Waals surface area contributed by atoms with Crippen LogP contribution in [0.3, 0.4) is 0 Å². The Hall–Kier alpha value is -4.53. The Morgan fingerprint density at radius 3 is 2.46 bits per heavy atom. The van der Waals surface area contributed by atoms with Crippen molar-refractivity contribution >= 4 is 38.1 Å². The van der Waals surface area contributed by atoms with Crippen molar-refractivity contribution in [3.8, 4) is 17.0 Å². The van der Waals surface area contributed by atoms with E-state index in [2.05, 4.69) is 21.1 Å². The number of piperidine rings is 1. The van der Waals surface area contributed by atoms with Crippen LogP contribution < -0.4 is 14.4 Å². The van der Waals surface area contributed by atoms with E-state index in [1.807, 2.05) is 0 Å². The number of allylic oxidation sites excluding steroid dienone is 2. The van der Waals surface area contributed by atoms with Gasteiger partial charge in [0.1, 0.15) is 22.9 Å². The zero-order valence-corrected chi connectivity index (χ0v) is 26.3. The summed E-state index contributed by atoms with van der Waals surface area (Å²) in [5, 5.41) is 4.38. The number of hydrogen-bond acceptors (Lipinski definition) is 8. The monoisotopic (exact) mass is 688 g/mol. The van der Waals surface area contributed by atoms with Crippen molar-refractivity contribution in [2.45, 2.75) is 50.8 Å². The number of nitrogens with one attached hydrogen (secondary N) is 1. The number of amides is 1. The highest BCUT2D eigenvalue weighted by Crippen LogP contribution is 2.56. The number of fused-ring (bicyclic) bond motifs is 1. The second-order valence-electron chi connectivity index (χ2n) is 12.6. The normalized spacial score (nSPS) is 17.8. The summed E-state index contributed by atoms with van der Waals surface area (Å²) < 4.78 is 104. The van der Waals surface area contributed by atoms with Gasteiger partial charge in [-0.25, -0.2) is 18.1 Å². The largest absolute Gasteiger partial charge is 0.434 e. The fourth-order valence-electron chi connectivity index (χ4n) is 6.68. The molecule has 1 saturated carbocycles. The number of hydrogen-bond donors (Lipinski definition) is 1. The highest BCUT2D eigenvalue weighted by atomic mass is 32.2. The lowest BCUT2D eigenvalue weighted by Crippen LogP contribution is -2.42. The Morgan fingerprint density at radius 2 is 1.81 bits per heavy atom. The van der Waals surface area contributed by atoms with Crippen LogP contribution in [0.5, 0.6) is 5.75 Å². The SMILES string of the molecule is CS(=O)(=O)NC(=O)c1cc(OC(F)F)c2cc(N3CCC4(C=C(c5c(-c6ccccc6C(F)(F)F)noc5C5CC5)C4)CC3)ccc2n1. The summed E-state index contributed by atoms with van der Waals surface area (Å²) in [7, 11) is -3.92. The molecule has 1 aliphatic heterocycles. The first-order chi connectivity index (χ1) is 22.7. The van der Waals surface area contributed by atoms with Crippen LogP contribution in [0.25, 0.3) is 27.7 Å². The number of carbonyl (C=O) groups excluding carboxylic acids is 1. The molecule has 1 spiro atoms. The summed E-state index contributed by atoms with van der Waals surface area (Å²) in [4.78, 5) is 18.6. The molecule has 2 fully saturated rings. The summed E-state index contributed by atoms with van der Waals surface area (Å²) in [5.41, 5.74) is 1.38. The van der Waals surface area contributed by atoms with Crippen LogP contribution in [-0.2, 0) is 16.2 Å². The van der Waals surface area contributed by atoms with Gasteiger partial charge in [0, 0.05) is 47.3 Å². The first-order valence-electron chi connectivity index (χ1n) is 15.2. The molecule has 9 nitrogen and oxygen atoms in total. The number of pyridine rings is 1. The zero-order chi connectivity index (χ0) is 34.0. The van der Waals surface area contributed by atoms with Gasteiger partial charge in [-0.2, -0.15) is 22.0 Å². The Labute approximate surface area is 271 Å². The van der Waals surface area contributed by atoms with Crippen LogP contribution in [-0.4, -0.2) is 50.4 Å². The summed E-state index contributed by atoms with van der Waals surface area (Å²) in [6.07, 6.45) is 2.33. The molecular weight excluding hydrogens is 659 g/mol. The van der Waals surface area contributed by atoms with Gasteiger partial charge in [-0.15, -0.1) is 0 Å². The van der Waals surface area contributed by atoms with Crippen molar-refractivity contribution in [3.05, 3.63) is 77.2 Å². The maximum Gasteiger partial charge on any atom is 0.417 e. The quantitative estimate of drug-likeness (QED) is 0.194. The van der Waals surface area contributed by atoms with Crippen molar-refractivity contribution in [2.75, 3.05) is 24.2 Å². The molecule has 48 heavy (non-hydrogen) atoms. The summed E-state index contributed by atoms with van der Waals surface area (Å²) >= 11 is 0. The summed E-state index contributed by atoms with van der Waals surface area (Å²) in [6.45, 7) is -1.97. The number of ether oxygens (including phenoxy) is 1. The molecule has 7 rings (SSSR count). The molecular formula is C33H29F5N4O5S. The molecule has 1 N–H and O–H groups in total. The van der Waals surface area contributed by atoms with E-state index >= 15 is 0 Å². The van der Waals surface area contributed by atoms with Crippen molar-refractivity contribution in [1.82, 2.24) is 14.9 Å². The third-order valence-corrected chi connectivity index (χ3v) is 9.66. The van der Waals surface area contributed by atoms with Crippen molar-refractivity contribution < 1.29 is 44.4 Å². The molecule has 2 aliphatic carbocycles. The number of aromatic nitrogens is 2. The Kier molecular flexibility index (Phi) is 7.72. The maximum atomic E-state index is 13.9. The minimum absolute atomic E-state index is 0.00329. The van der Waals surface area contributed by atoms with Crippen LogP contribution in [0.4, 0.5) is 27.6 Å². The maximum absolute atomic E-state index is 13.9. The van der Waals surface area contributed by atoms with E-state index in [1.165, 1.54) is 12.1 Å². The standard InChI is InChI=1S/C33H29F5N4O5S/c1-48(44,45)41-30(43)25-15-26(46-31(34)35)22-14-20(8-9-24(22)39-25)42-12-10-32(11-13-42)16-19(17-32)27-28(40-47-29(27)18-6-7-18)21-4-2-3-5-23(21)33(36,37)38/h2-5,8-9,14-16,18,31H,6-7,10-13,17H2,1H3,(H,41,43). The minimum Gasteiger partial charge on any atom is -0.434 e. The first kappa shape index (κ1) is 32.0. The van der Waals surface area contributed by atoms with Gasteiger partial charge in [0.15, 0.2) is 0 Å². The van der Waals surface area contributed by atoms with E-state index in [0.717, 1.165) is 55.3 Å². The Balaban J connectivity index is 1.13. The Morgan fingerprint density at radius 1 is 1.10 bits per heavy atom. The van der Waals surface area contributed by atoms with E-state index in [1.54, 1.807) is 29.0 Å². The lowest BCUT2D eigenvalue weighted by Gasteiger charge is -2.47. The zero-order valence-electron chi connectivity index (χ0n) is 25.5. The molecule has 0 atom stereocenters. The molecule has 3 aliphatic rings. The third kappa shape index (κ3) is 6.22. The van der Waals surface area contributed by atoms with E-state index in [-0.39, 0.29) is 39.2 Å². The van der Waals surface area contributed by atoms with Crippen LogP contribution in [0.1, 0.15) is 65.4 Å². The molecule has 0 radical (unpaired) electrons. The van der Waals surface area contributed by atoms with Gasteiger partial charge in [-0.3, -0.25) is 4.79 Å².